The van der Waals surface area contributed by atoms with Crippen molar-refractivity contribution in [2.24, 2.45) is 4.99 Å². The summed E-state index contributed by atoms with van der Waals surface area (Å²) >= 11 is 0. The molecule has 0 spiro atoms. The van der Waals surface area contributed by atoms with Gasteiger partial charge in [-0.05, 0) is 57.0 Å². The van der Waals surface area contributed by atoms with Gasteiger partial charge in [-0.3, -0.25) is 9.98 Å². The molecule has 1 aromatic heterocycles. The first-order chi connectivity index (χ1) is 13.1. The van der Waals surface area contributed by atoms with Crippen molar-refractivity contribution in [3.63, 3.8) is 0 Å². The van der Waals surface area contributed by atoms with Crippen LogP contribution in [0.4, 0.5) is 0 Å². The molecule has 2 aromatic rings. The Balaban J connectivity index is 0.00000392. The summed E-state index contributed by atoms with van der Waals surface area (Å²) in [5.41, 5.74) is 3.26. The number of benzene rings is 1. The Hall–Kier alpha value is -2.03. The summed E-state index contributed by atoms with van der Waals surface area (Å²) in [6.07, 6.45) is 1.80. The van der Waals surface area contributed by atoms with Gasteiger partial charge in [0.2, 0.25) is 0 Å². The van der Waals surface area contributed by atoms with E-state index in [2.05, 4.69) is 40.5 Å². The summed E-state index contributed by atoms with van der Waals surface area (Å²) in [5.74, 6) is 2.25. The second-order valence-electron chi connectivity index (χ2n) is 6.13. The van der Waals surface area contributed by atoms with E-state index in [0.717, 1.165) is 34.3 Å². The Kier molecular flexibility index (Phi) is 10.7. The number of nitrogens with zero attached hydrogens (tertiary/aromatic N) is 2. The van der Waals surface area contributed by atoms with Crippen LogP contribution in [0, 0.1) is 6.92 Å². The van der Waals surface area contributed by atoms with E-state index < -0.39 is 0 Å². The molecule has 0 radical (unpaired) electrons. The predicted molar refractivity (Wildman–Crippen MR) is 125 cm³/mol. The molecule has 0 aliphatic carbocycles. The summed E-state index contributed by atoms with van der Waals surface area (Å²) in [4.78, 5) is 8.72. The maximum absolute atomic E-state index is 5.72. The molecule has 2 N–H and O–H groups in total. The number of hydrogen-bond donors (Lipinski definition) is 2. The molecule has 0 aliphatic rings. The lowest BCUT2D eigenvalue weighted by Crippen LogP contribution is -2.38. The third-order valence-electron chi connectivity index (χ3n) is 4.19. The zero-order chi connectivity index (χ0) is 19.6. The Bertz CT molecular complexity index is 768. The Labute approximate surface area is 185 Å². The molecule has 1 atom stereocenters. The van der Waals surface area contributed by atoms with Crippen molar-refractivity contribution in [1.29, 1.82) is 0 Å². The van der Waals surface area contributed by atoms with Crippen LogP contribution in [0.5, 0.6) is 11.5 Å². The Morgan fingerprint density at radius 2 is 1.86 bits per heavy atom. The summed E-state index contributed by atoms with van der Waals surface area (Å²) in [6.45, 7) is 9.89. The van der Waals surface area contributed by atoms with E-state index in [1.165, 1.54) is 0 Å². The standard InChI is InChI=1S/C21H30N4O2.HI/c1-6-26-19-11-10-17(13-20(19)27-7-2)16(4)25-21(22-5)24-14-18-15(3)9-8-12-23-18;/h8-13,16H,6-7,14H2,1-5H3,(H2,22,24,25);1H. The summed E-state index contributed by atoms with van der Waals surface area (Å²) in [6, 6.07) is 10.1. The molecule has 0 aliphatic heterocycles. The fraction of sp³-hybridized carbons (Fsp3) is 0.429. The second kappa shape index (κ2) is 12.4. The molecule has 0 amide bonds. The molecular formula is C21H31IN4O2. The first kappa shape index (κ1) is 24.0. The lowest BCUT2D eigenvalue weighted by atomic mass is 10.1. The number of halogens is 1. The third-order valence-corrected chi connectivity index (χ3v) is 4.19. The van der Waals surface area contributed by atoms with Crippen LogP contribution >= 0.6 is 24.0 Å². The Morgan fingerprint density at radius 1 is 1.14 bits per heavy atom. The van der Waals surface area contributed by atoms with E-state index in [-0.39, 0.29) is 30.0 Å². The van der Waals surface area contributed by atoms with Gasteiger partial charge in [0.25, 0.3) is 0 Å². The molecule has 28 heavy (non-hydrogen) atoms. The average molecular weight is 498 g/mol. The van der Waals surface area contributed by atoms with Gasteiger partial charge in [-0.2, -0.15) is 0 Å². The number of guanidine groups is 1. The minimum atomic E-state index is 0. The van der Waals surface area contributed by atoms with Gasteiger partial charge in [0.05, 0.1) is 31.5 Å². The second-order valence-corrected chi connectivity index (χ2v) is 6.13. The topological polar surface area (TPSA) is 67.8 Å². The van der Waals surface area contributed by atoms with Crippen LogP contribution in [0.3, 0.4) is 0 Å². The van der Waals surface area contributed by atoms with Crippen molar-refractivity contribution in [3.8, 4) is 11.5 Å². The molecular weight excluding hydrogens is 467 g/mol. The van der Waals surface area contributed by atoms with Crippen LogP contribution in [0.2, 0.25) is 0 Å². The van der Waals surface area contributed by atoms with Crippen LogP contribution in [0.25, 0.3) is 0 Å². The van der Waals surface area contributed by atoms with Gasteiger partial charge >= 0.3 is 0 Å². The molecule has 0 bridgehead atoms. The monoisotopic (exact) mass is 498 g/mol. The first-order valence-electron chi connectivity index (χ1n) is 9.36. The van der Waals surface area contributed by atoms with Crippen molar-refractivity contribution >= 4 is 29.9 Å². The third kappa shape index (κ3) is 6.85. The summed E-state index contributed by atoms with van der Waals surface area (Å²) < 4.78 is 11.4. The predicted octanol–water partition coefficient (Wildman–Crippen LogP) is 4.23. The van der Waals surface area contributed by atoms with Crippen LogP contribution in [0.15, 0.2) is 41.5 Å². The van der Waals surface area contributed by atoms with E-state index in [0.29, 0.717) is 19.8 Å². The number of ether oxygens (including phenoxy) is 2. The molecule has 0 saturated carbocycles. The van der Waals surface area contributed by atoms with Crippen molar-refractivity contribution in [2.45, 2.75) is 40.3 Å². The maximum atomic E-state index is 5.72. The highest BCUT2D eigenvalue weighted by molar-refractivity contribution is 14.0. The number of hydrogen-bond acceptors (Lipinski definition) is 4. The van der Waals surface area contributed by atoms with E-state index >= 15 is 0 Å². The summed E-state index contributed by atoms with van der Waals surface area (Å²) in [7, 11) is 1.76. The fourth-order valence-corrected chi connectivity index (χ4v) is 2.69. The quantitative estimate of drug-likeness (QED) is 0.324. The van der Waals surface area contributed by atoms with Crippen molar-refractivity contribution in [1.82, 2.24) is 15.6 Å². The molecule has 7 heteroatoms. The first-order valence-corrected chi connectivity index (χ1v) is 9.36. The lowest BCUT2D eigenvalue weighted by Gasteiger charge is -2.20. The molecule has 1 aromatic carbocycles. The highest BCUT2D eigenvalue weighted by Crippen LogP contribution is 2.30. The van der Waals surface area contributed by atoms with Gasteiger partial charge < -0.3 is 20.1 Å². The highest BCUT2D eigenvalue weighted by atomic mass is 127. The minimum Gasteiger partial charge on any atom is -0.490 e. The van der Waals surface area contributed by atoms with Crippen molar-refractivity contribution in [2.75, 3.05) is 20.3 Å². The molecule has 1 unspecified atom stereocenters. The van der Waals surface area contributed by atoms with Crippen molar-refractivity contribution < 1.29 is 9.47 Å². The van der Waals surface area contributed by atoms with Crippen LogP contribution in [-0.4, -0.2) is 31.2 Å². The van der Waals surface area contributed by atoms with Gasteiger partial charge in [-0.15, -0.1) is 24.0 Å². The van der Waals surface area contributed by atoms with Crippen LogP contribution in [-0.2, 0) is 6.54 Å². The highest BCUT2D eigenvalue weighted by Gasteiger charge is 2.12. The van der Waals surface area contributed by atoms with Gasteiger partial charge in [0.1, 0.15) is 0 Å². The van der Waals surface area contributed by atoms with Crippen LogP contribution < -0.4 is 20.1 Å². The smallest absolute Gasteiger partial charge is 0.191 e. The maximum Gasteiger partial charge on any atom is 0.191 e. The molecule has 0 saturated heterocycles. The summed E-state index contributed by atoms with van der Waals surface area (Å²) in [5, 5.41) is 6.73. The van der Waals surface area contributed by atoms with Crippen molar-refractivity contribution in [3.05, 3.63) is 53.3 Å². The normalized spacial score (nSPS) is 12.0. The minimum absolute atomic E-state index is 0. The zero-order valence-electron chi connectivity index (χ0n) is 17.3. The van der Waals surface area contributed by atoms with E-state index in [9.17, 15) is 0 Å². The number of aliphatic imine (C=N–C) groups is 1. The SMILES string of the molecule is CCOc1ccc(C(C)NC(=NC)NCc2ncccc2C)cc1OCC.I. The fourth-order valence-electron chi connectivity index (χ4n) is 2.69. The van der Waals surface area contributed by atoms with Gasteiger partial charge in [-0.25, -0.2) is 0 Å². The van der Waals surface area contributed by atoms with Gasteiger partial charge in [0, 0.05) is 13.2 Å². The average Bonchev–Trinajstić information content (AvgIpc) is 2.67. The lowest BCUT2D eigenvalue weighted by molar-refractivity contribution is 0.287. The number of pyridine rings is 1. The molecule has 1 heterocycles. The number of aryl methyl sites for hydroxylation is 1. The van der Waals surface area contributed by atoms with E-state index in [1.807, 2.05) is 38.1 Å². The van der Waals surface area contributed by atoms with E-state index in [1.54, 1.807) is 13.2 Å². The van der Waals surface area contributed by atoms with Gasteiger partial charge in [-0.1, -0.05) is 12.1 Å². The number of aromatic nitrogens is 1. The van der Waals surface area contributed by atoms with E-state index in [4.69, 9.17) is 9.47 Å². The van der Waals surface area contributed by atoms with Gasteiger partial charge in [0.15, 0.2) is 17.5 Å². The molecule has 154 valence electrons. The molecule has 2 rings (SSSR count). The Morgan fingerprint density at radius 3 is 2.50 bits per heavy atom. The zero-order valence-corrected chi connectivity index (χ0v) is 19.6. The molecule has 6 nitrogen and oxygen atoms in total. The number of nitrogens with one attached hydrogen (secondary N) is 2. The molecule has 0 fully saturated rings. The number of rotatable bonds is 8. The largest absolute Gasteiger partial charge is 0.490 e. The van der Waals surface area contributed by atoms with Crippen LogP contribution in [0.1, 0.15) is 43.6 Å².